The molecule has 0 spiro atoms. The highest BCUT2D eigenvalue weighted by atomic mass is 16.5. The second-order valence-electron chi connectivity index (χ2n) is 5.43. The molecule has 7 nitrogen and oxygen atoms in total. The molecule has 0 saturated carbocycles. The Morgan fingerprint density at radius 2 is 2.10 bits per heavy atom. The Morgan fingerprint density at radius 3 is 2.81 bits per heavy atom. The van der Waals surface area contributed by atoms with E-state index in [2.05, 4.69) is 15.2 Å². The van der Waals surface area contributed by atoms with E-state index in [-0.39, 0.29) is 12.1 Å². The molecule has 0 fully saturated rings. The Bertz CT molecular complexity index is 844. The maximum absolute atomic E-state index is 12.3. The van der Waals surface area contributed by atoms with Gasteiger partial charge in [0.25, 0.3) is 5.56 Å². The van der Waals surface area contributed by atoms with Gasteiger partial charge in [0.1, 0.15) is 6.54 Å². The highest BCUT2D eigenvalue weighted by Gasteiger charge is 2.21. The molecule has 21 heavy (non-hydrogen) atoms. The molecular weight excluding hydrogens is 270 g/mol. The van der Waals surface area contributed by atoms with E-state index in [4.69, 9.17) is 10.3 Å². The van der Waals surface area contributed by atoms with E-state index in [0.717, 1.165) is 5.39 Å². The molecule has 7 heteroatoms. The van der Waals surface area contributed by atoms with Gasteiger partial charge in [-0.3, -0.25) is 4.79 Å². The van der Waals surface area contributed by atoms with Crippen LogP contribution < -0.4 is 11.3 Å². The minimum atomic E-state index is -0.691. The van der Waals surface area contributed by atoms with Gasteiger partial charge in [-0.05, 0) is 19.9 Å². The second kappa shape index (κ2) is 4.78. The van der Waals surface area contributed by atoms with Crippen LogP contribution in [0.5, 0.6) is 0 Å². The van der Waals surface area contributed by atoms with E-state index in [1.54, 1.807) is 26.1 Å². The Kier molecular flexibility index (Phi) is 3.06. The van der Waals surface area contributed by atoms with Crippen molar-refractivity contribution in [3.05, 3.63) is 52.5 Å². The molecule has 0 saturated heterocycles. The zero-order valence-electron chi connectivity index (χ0n) is 11.8. The molecule has 2 heterocycles. The van der Waals surface area contributed by atoms with E-state index >= 15 is 0 Å². The highest BCUT2D eigenvalue weighted by molar-refractivity contribution is 5.80. The number of aromatic nitrogens is 4. The van der Waals surface area contributed by atoms with Crippen molar-refractivity contribution < 1.29 is 4.52 Å². The molecular formula is C14H15N5O2. The van der Waals surface area contributed by atoms with Gasteiger partial charge in [0.05, 0.1) is 17.1 Å². The Hall–Kier alpha value is -2.54. The van der Waals surface area contributed by atoms with Crippen LogP contribution in [0, 0.1) is 0 Å². The zero-order chi connectivity index (χ0) is 15.0. The summed E-state index contributed by atoms with van der Waals surface area (Å²) in [4.78, 5) is 16.5. The smallest absolute Gasteiger partial charge is 0.275 e. The van der Waals surface area contributed by atoms with Gasteiger partial charge in [0.15, 0.2) is 5.82 Å². The zero-order valence-corrected chi connectivity index (χ0v) is 11.8. The first-order valence-corrected chi connectivity index (χ1v) is 6.52. The normalized spacial score (nSPS) is 12.0. The Balaban J connectivity index is 1.97. The van der Waals surface area contributed by atoms with Crippen LogP contribution in [-0.4, -0.2) is 19.9 Å². The van der Waals surface area contributed by atoms with Crippen molar-refractivity contribution in [2.45, 2.75) is 25.9 Å². The predicted octanol–water partition coefficient (Wildman–Crippen LogP) is 1.02. The molecule has 0 amide bonds. The summed E-state index contributed by atoms with van der Waals surface area (Å²) in [5.41, 5.74) is 5.01. The lowest BCUT2D eigenvalue weighted by Gasteiger charge is -2.11. The lowest BCUT2D eigenvalue weighted by atomic mass is 10.1. The quantitative estimate of drug-likeness (QED) is 0.771. The third-order valence-corrected chi connectivity index (χ3v) is 3.09. The summed E-state index contributed by atoms with van der Waals surface area (Å²) in [6.45, 7) is 3.68. The Morgan fingerprint density at radius 1 is 1.33 bits per heavy atom. The fourth-order valence-electron chi connectivity index (χ4n) is 1.95. The monoisotopic (exact) mass is 285 g/mol. The summed E-state index contributed by atoms with van der Waals surface area (Å²) in [6, 6.07) is 7.28. The van der Waals surface area contributed by atoms with Gasteiger partial charge in [0, 0.05) is 5.39 Å². The second-order valence-corrected chi connectivity index (χ2v) is 5.43. The van der Waals surface area contributed by atoms with E-state index < -0.39 is 5.54 Å². The summed E-state index contributed by atoms with van der Waals surface area (Å²) in [7, 11) is 0. The average Bonchev–Trinajstić information content (AvgIpc) is 2.91. The van der Waals surface area contributed by atoms with Gasteiger partial charge >= 0.3 is 0 Å². The molecule has 0 aliphatic heterocycles. The molecule has 0 unspecified atom stereocenters. The van der Waals surface area contributed by atoms with Gasteiger partial charge in [-0.25, -0.2) is 4.68 Å². The van der Waals surface area contributed by atoms with Crippen LogP contribution in [0.4, 0.5) is 0 Å². The molecule has 0 radical (unpaired) electrons. The number of nitrogens with zero attached hydrogens (tertiary/aromatic N) is 4. The third kappa shape index (κ3) is 2.55. The molecule has 2 N–H and O–H groups in total. The van der Waals surface area contributed by atoms with Crippen LogP contribution in [0.2, 0.25) is 0 Å². The highest BCUT2D eigenvalue weighted by Crippen LogP contribution is 2.13. The van der Waals surface area contributed by atoms with E-state index in [1.807, 2.05) is 18.2 Å². The number of rotatable bonds is 3. The first-order chi connectivity index (χ1) is 9.95. The van der Waals surface area contributed by atoms with Crippen LogP contribution in [-0.2, 0) is 12.1 Å². The summed E-state index contributed by atoms with van der Waals surface area (Å²) < 4.78 is 6.42. The number of nitrogens with two attached hydrogens (primary N) is 1. The van der Waals surface area contributed by atoms with Crippen LogP contribution in [0.15, 0.2) is 39.8 Å². The molecule has 1 aromatic carbocycles. The van der Waals surface area contributed by atoms with Gasteiger partial charge in [-0.1, -0.05) is 23.4 Å². The SMILES string of the molecule is CC(C)(N)c1noc(Cn2ncc3ccccc3c2=O)n1. The van der Waals surface area contributed by atoms with E-state index in [9.17, 15) is 4.79 Å². The number of fused-ring (bicyclic) bond motifs is 1. The lowest BCUT2D eigenvalue weighted by Crippen LogP contribution is -2.30. The van der Waals surface area contributed by atoms with Gasteiger partial charge in [0.2, 0.25) is 5.89 Å². The van der Waals surface area contributed by atoms with Crippen LogP contribution in [0.25, 0.3) is 10.8 Å². The fourth-order valence-corrected chi connectivity index (χ4v) is 1.95. The van der Waals surface area contributed by atoms with E-state index in [0.29, 0.717) is 17.1 Å². The third-order valence-electron chi connectivity index (χ3n) is 3.09. The topological polar surface area (TPSA) is 99.8 Å². The number of hydrogen-bond donors (Lipinski definition) is 1. The van der Waals surface area contributed by atoms with Gasteiger partial charge < -0.3 is 10.3 Å². The van der Waals surface area contributed by atoms with E-state index in [1.165, 1.54) is 4.68 Å². The fraction of sp³-hybridized carbons (Fsp3) is 0.286. The van der Waals surface area contributed by atoms with Crippen LogP contribution in [0.1, 0.15) is 25.6 Å². The van der Waals surface area contributed by atoms with Crippen molar-refractivity contribution in [2.24, 2.45) is 5.73 Å². The van der Waals surface area contributed by atoms with Gasteiger partial charge in [-0.2, -0.15) is 10.1 Å². The number of benzene rings is 1. The summed E-state index contributed by atoms with van der Waals surface area (Å²) in [5, 5.41) is 9.34. The molecule has 0 bridgehead atoms. The first kappa shape index (κ1) is 13.4. The van der Waals surface area contributed by atoms with Crippen LogP contribution in [0.3, 0.4) is 0 Å². The molecule has 3 aromatic rings. The predicted molar refractivity (Wildman–Crippen MR) is 76.6 cm³/mol. The lowest BCUT2D eigenvalue weighted by molar-refractivity contribution is 0.349. The number of hydrogen-bond acceptors (Lipinski definition) is 6. The first-order valence-electron chi connectivity index (χ1n) is 6.52. The summed E-state index contributed by atoms with van der Waals surface area (Å²) >= 11 is 0. The Labute approximate surface area is 120 Å². The molecule has 3 rings (SSSR count). The molecule has 0 aliphatic rings. The van der Waals surface area contributed by atoms with Crippen molar-refractivity contribution in [2.75, 3.05) is 0 Å². The van der Waals surface area contributed by atoms with Crippen molar-refractivity contribution in [1.29, 1.82) is 0 Å². The maximum Gasteiger partial charge on any atom is 0.275 e. The van der Waals surface area contributed by atoms with Crippen molar-refractivity contribution in [1.82, 2.24) is 19.9 Å². The minimum Gasteiger partial charge on any atom is -0.337 e. The largest absolute Gasteiger partial charge is 0.337 e. The minimum absolute atomic E-state index is 0.118. The van der Waals surface area contributed by atoms with Gasteiger partial charge in [-0.15, -0.1) is 0 Å². The summed E-state index contributed by atoms with van der Waals surface area (Å²) in [6.07, 6.45) is 1.64. The average molecular weight is 285 g/mol. The summed E-state index contributed by atoms with van der Waals surface area (Å²) in [5.74, 6) is 0.694. The molecule has 2 aromatic heterocycles. The van der Waals surface area contributed by atoms with Crippen LogP contribution >= 0.6 is 0 Å². The standard InChI is InChI=1S/C14H15N5O2/c1-14(2,15)13-17-11(21-18-13)8-19-12(20)10-6-4-3-5-9(10)7-16-19/h3-7H,8,15H2,1-2H3. The maximum atomic E-state index is 12.3. The molecule has 108 valence electrons. The van der Waals surface area contributed by atoms with Crippen molar-refractivity contribution >= 4 is 10.8 Å². The molecule has 0 atom stereocenters. The molecule has 0 aliphatic carbocycles. The van der Waals surface area contributed by atoms with Crippen molar-refractivity contribution in [3.63, 3.8) is 0 Å². The van der Waals surface area contributed by atoms with Crippen molar-refractivity contribution in [3.8, 4) is 0 Å².